The fraction of sp³-hybridized carbons (Fsp3) is 0.276. The van der Waals surface area contributed by atoms with Crippen LogP contribution >= 0.6 is 0 Å². The number of hydrogen-bond acceptors (Lipinski definition) is 3. The summed E-state index contributed by atoms with van der Waals surface area (Å²) in [6, 6.07) is 21.2. The second-order valence-electron chi connectivity index (χ2n) is 10.00. The monoisotopic (exact) mass is 469 g/mol. The molecule has 0 saturated heterocycles. The van der Waals surface area contributed by atoms with E-state index in [4.69, 9.17) is 0 Å². The van der Waals surface area contributed by atoms with Crippen molar-refractivity contribution in [1.82, 2.24) is 5.32 Å². The lowest BCUT2D eigenvalue weighted by molar-refractivity contribution is -0.117. The molecule has 3 amide bonds. The number of amides is 3. The molecule has 0 bridgehead atoms. The zero-order valence-electron chi connectivity index (χ0n) is 20.6. The summed E-state index contributed by atoms with van der Waals surface area (Å²) in [7, 11) is 0. The van der Waals surface area contributed by atoms with Gasteiger partial charge in [0, 0.05) is 28.0 Å². The van der Waals surface area contributed by atoms with E-state index in [1.165, 1.54) is 0 Å². The van der Waals surface area contributed by atoms with Crippen LogP contribution in [0, 0.1) is 6.92 Å². The van der Waals surface area contributed by atoms with E-state index in [0.717, 1.165) is 16.8 Å². The summed E-state index contributed by atoms with van der Waals surface area (Å²) in [6.45, 7) is 7.73. The van der Waals surface area contributed by atoms with Gasteiger partial charge in [-0.2, -0.15) is 0 Å². The van der Waals surface area contributed by atoms with Crippen LogP contribution in [-0.4, -0.2) is 29.3 Å². The van der Waals surface area contributed by atoms with Crippen LogP contribution in [0.3, 0.4) is 0 Å². The van der Waals surface area contributed by atoms with Crippen LogP contribution in [-0.2, 0) is 11.2 Å². The maximum absolute atomic E-state index is 13.7. The molecule has 2 N–H and O–H groups in total. The van der Waals surface area contributed by atoms with Gasteiger partial charge in [0.05, 0.1) is 0 Å². The number of para-hydroxylation sites is 1. The number of anilines is 2. The maximum atomic E-state index is 13.7. The van der Waals surface area contributed by atoms with Gasteiger partial charge in [-0.25, -0.2) is 0 Å². The van der Waals surface area contributed by atoms with Crippen molar-refractivity contribution < 1.29 is 14.4 Å². The van der Waals surface area contributed by atoms with Gasteiger partial charge in [0.15, 0.2) is 0 Å². The second-order valence-corrected chi connectivity index (χ2v) is 10.00. The van der Waals surface area contributed by atoms with E-state index in [0.29, 0.717) is 29.7 Å². The highest BCUT2D eigenvalue weighted by Gasteiger charge is 2.36. The first-order valence-corrected chi connectivity index (χ1v) is 11.8. The van der Waals surface area contributed by atoms with Crippen LogP contribution in [0.25, 0.3) is 0 Å². The average molecular weight is 470 g/mol. The van der Waals surface area contributed by atoms with Crippen LogP contribution < -0.4 is 15.5 Å². The van der Waals surface area contributed by atoms with Crippen LogP contribution in [0.2, 0.25) is 0 Å². The van der Waals surface area contributed by atoms with Crippen molar-refractivity contribution in [2.45, 2.75) is 52.1 Å². The third-order valence-electron chi connectivity index (χ3n) is 5.97. The van der Waals surface area contributed by atoms with Gasteiger partial charge in [-0.15, -0.1) is 0 Å². The Morgan fingerprint density at radius 1 is 0.857 bits per heavy atom. The average Bonchev–Trinajstić information content (AvgIpc) is 2.83. The van der Waals surface area contributed by atoms with Gasteiger partial charge in [-0.3, -0.25) is 19.3 Å². The van der Waals surface area contributed by atoms with E-state index < -0.39 is 6.04 Å². The fourth-order valence-corrected chi connectivity index (χ4v) is 4.22. The minimum absolute atomic E-state index is 0.199. The van der Waals surface area contributed by atoms with Crippen molar-refractivity contribution in [3.05, 3.63) is 95.1 Å². The van der Waals surface area contributed by atoms with E-state index >= 15 is 0 Å². The number of aryl methyl sites for hydroxylation is 2. The molecule has 35 heavy (non-hydrogen) atoms. The summed E-state index contributed by atoms with van der Waals surface area (Å²) in [4.78, 5) is 41.1. The van der Waals surface area contributed by atoms with Crippen molar-refractivity contribution in [3.63, 3.8) is 0 Å². The second kappa shape index (κ2) is 9.74. The molecular weight excluding hydrogens is 438 g/mol. The molecule has 4 rings (SSSR count). The molecule has 0 saturated carbocycles. The van der Waals surface area contributed by atoms with E-state index in [1.54, 1.807) is 29.2 Å². The van der Waals surface area contributed by atoms with E-state index in [2.05, 4.69) is 10.6 Å². The number of rotatable bonds is 4. The lowest BCUT2D eigenvalue weighted by Crippen LogP contribution is -2.50. The molecule has 1 unspecified atom stereocenters. The van der Waals surface area contributed by atoms with Gasteiger partial charge in [0.2, 0.25) is 5.91 Å². The summed E-state index contributed by atoms with van der Waals surface area (Å²) < 4.78 is 0. The zero-order valence-corrected chi connectivity index (χ0v) is 20.6. The number of benzene rings is 3. The Bertz CT molecular complexity index is 1240. The van der Waals surface area contributed by atoms with Gasteiger partial charge in [0.25, 0.3) is 11.8 Å². The quantitative estimate of drug-likeness (QED) is 0.556. The first kappa shape index (κ1) is 24.2. The summed E-state index contributed by atoms with van der Waals surface area (Å²) in [6.07, 6.45) is 1.23. The van der Waals surface area contributed by atoms with Gasteiger partial charge in [0.1, 0.15) is 6.04 Å². The Labute approximate surface area is 206 Å². The van der Waals surface area contributed by atoms with Gasteiger partial charge < -0.3 is 10.6 Å². The topological polar surface area (TPSA) is 78.5 Å². The maximum Gasteiger partial charge on any atom is 0.259 e. The van der Waals surface area contributed by atoms with Gasteiger partial charge in [-0.05, 0) is 88.6 Å². The van der Waals surface area contributed by atoms with E-state index in [9.17, 15) is 14.4 Å². The summed E-state index contributed by atoms with van der Waals surface area (Å²) in [5.74, 6) is -0.697. The molecule has 6 heteroatoms. The molecule has 1 atom stereocenters. The first-order chi connectivity index (χ1) is 16.6. The first-order valence-electron chi connectivity index (χ1n) is 11.8. The van der Waals surface area contributed by atoms with Crippen LogP contribution in [0.4, 0.5) is 11.4 Å². The van der Waals surface area contributed by atoms with Crippen molar-refractivity contribution in [3.8, 4) is 0 Å². The molecule has 0 aliphatic carbocycles. The van der Waals surface area contributed by atoms with Crippen LogP contribution in [0.1, 0.15) is 59.0 Å². The SMILES string of the molecule is Cc1ccc(NC(=O)C2CCc3ccccc3N2C(=O)c2ccc(C(=O)NC(C)(C)C)cc2)cc1. The molecule has 1 heterocycles. The number of nitrogens with zero attached hydrogens (tertiary/aromatic N) is 1. The Morgan fingerprint density at radius 2 is 1.49 bits per heavy atom. The molecule has 0 radical (unpaired) electrons. The number of carbonyl (C=O) groups excluding carboxylic acids is 3. The van der Waals surface area contributed by atoms with Crippen molar-refractivity contribution in [2.24, 2.45) is 0 Å². The summed E-state index contributed by atoms with van der Waals surface area (Å²) >= 11 is 0. The number of hydrogen-bond donors (Lipinski definition) is 2. The van der Waals surface area contributed by atoms with Gasteiger partial charge >= 0.3 is 0 Å². The number of carbonyl (C=O) groups is 3. The molecule has 1 aliphatic rings. The van der Waals surface area contributed by atoms with Crippen LogP contribution in [0.5, 0.6) is 0 Å². The third kappa shape index (κ3) is 5.60. The molecule has 1 aliphatic heterocycles. The Morgan fingerprint density at radius 3 is 2.14 bits per heavy atom. The van der Waals surface area contributed by atoms with Crippen molar-refractivity contribution in [1.29, 1.82) is 0 Å². The fourth-order valence-electron chi connectivity index (χ4n) is 4.22. The molecule has 3 aromatic carbocycles. The molecule has 6 nitrogen and oxygen atoms in total. The molecule has 3 aromatic rings. The minimum Gasteiger partial charge on any atom is -0.347 e. The Balaban J connectivity index is 1.62. The lowest BCUT2D eigenvalue weighted by atomic mass is 9.94. The van der Waals surface area contributed by atoms with E-state index in [-0.39, 0.29) is 23.3 Å². The van der Waals surface area contributed by atoms with Crippen LogP contribution in [0.15, 0.2) is 72.8 Å². The zero-order chi connectivity index (χ0) is 25.2. The molecule has 0 aromatic heterocycles. The largest absolute Gasteiger partial charge is 0.347 e. The molecule has 0 spiro atoms. The van der Waals surface area contributed by atoms with E-state index in [1.807, 2.05) is 76.2 Å². The highest BCUT2D eigenvalue weighted by Crippen LogP contribution is 2.32. The highest BCUT2D eigenvalue weighted by molar-refractivity contribution is 6.12. The molecule has 180 valence electrons. The van der Waals surface area contributed by atoms with Crippen molar-refractivity contribution >= 4 is 29.1 Å². The number of fused-ring (bicyclic) bond motifs is 1. The highest BCUT2D eigenvalue weighted by atomic mass is 16.2. The number of nitrogens with one attached hydrogen (secondary N) is 2. The predicted octanol–water partition coefficient (Wildman–Crippen LogP) is 5.12. The lowest BCUT2D eigenvalue weighted by Gasteiger charge is -2.36. The van der Waals surface area contributed by atoms with Gasteiger partial charge in [-0.1, -0.05) is 35.9 Å². The van der Waals surface area contributed by atoms with Crippen molar-refractivity contribution in [2.75, 3.05) is 10.2 Å². The summed E-state index contributed by atoms with van der Waals surface area (Å²) in [5.41, 5.74) is 4.10. The minimum atomic E-state index is -0.650. The standard InChI is InChI=1S/C29H31N3O3/c1-19-9-16-23(17-10-19)30-27(34)25-18-15-20-7-5-6-8-24(20)32(25)28(35)22-13-11-21(12-14-22)26(33)31-29(2,3)4/h5-14,16-17,25H,15,18H2,1-4H3,(H,30,34)(H,31,33). The molecule has 0 fully saturated rings. The predicted molar refractivity (Wildman–Crippen MR) is 139 cm³/mol. The summed E-state index contributed by atoms with van der Waals surface area (Å²) in [5, 5.41) is 5.89. The Hall–Kier alpha value is -3.93. The normalized spacial score (nSPS) is 15.2. The molecular formula is C29H31N3O3. The smallest absolute Gasteiger partial charge is 0.259 e. The third-order valence-corrected chi connectivity index (χ3v) is 5.97. The Kier molecular flexibility index (Phi) is 6.74.